The van der Waals surface area contributed by atoms with Gasteiger partial charge in [-0.3, -0.25) is 4.79 Å². The molecular weight excluding hydrogens is 526 g/mol. The van der Waals surface area contributed by atoms with Crippen molar-refractivity contribution in [1.29, 1.82) is 0 Å². The average molecular weight is 609 g/mol. The Morgan fingerprint density at radius 3 is 1.09 bits per heavy atom. The number of allylic oxidation sites excluding steroid dienone is 2. The Morgan fingerprint density at radius 2 is 0.721 bits per heavy atom. The maximum absolute atomic E-state index is 10.3. The molecule has 1 N–H and O–H groups in total. The van der Waals surface area contributed by atoms with Crippen molar-refractivity contribution in [1.82, 2.24) is 0 Å². The van der Waals surface area contributed by atoms with E-state index in [2.05, 4.69) is 46.9 Å². The van der Waals surface area contributed by atoms with Crippen molar-refractivity contribution in [3.8, 4) is 0 Å². The number of unbranched alkanes of at least 4 members (excludes halogenated alkanes) is 23. The van der Waals surface area contributed by atoms with Gasteiger partial charge < -0.3 is 9.59 Å². The Bertz CT molecular complexity index is 543. The molecule has 0 saturated heterocycles. The summed E-state index contributed by atoms with van der Waals surface area (Å²) in [7, 11) is 2.54. The molecule has 43 heavy (non-hydrogen) atoms. The fourth-order valence-electron chi connectivity index (χ4n) is 5.97. The van der Waals surface area contributed by atoms with Crippen LogP contribution in [0.25, 0.3) is 0 Å². The van der Waals surface area contributed by atoms with E-state index >= 15 is 0 Å². The summed E-state index contributed by atoms with van der Waals surface area (Å²) < 4.78 is 1.35. The van der Waals surface area contributed by atoms with Crippen LogP contribution in [0.15, 0.2) is 12.2 Å². The minimum absolute atomic E-state index is 0.332. The molecule has 0 heterocycles. The summed E-state index contributed by atoms with van der Waals surface area (Å²) >= 11 is 0. The molecule has 0 unspecified atom stereocenters. The number of rotatable bonds is 33. The molecule has 0 aliphatic heterocycles. The minimum atomic E-state index is -0.664. The molecule has 0 amide bonds. The van der Waals surface area contributed by atoms with E-state index in [0.717, 1.165) is 12.8 Å². The van der Waals surface area contributed by atoms with Gasteiger partial charge in [-0.15, -0.1) is 0 Å². The van der Waals surface area contributed by atoms with Crippen molar-refractivity contribution < 1.29 is 14.4 Å². The molecule has 0 bridgehead atoms. The Kier molecular flexibility index (Phi) is 38.5. The molecule has 0 radical (unpaired) electrons. The summed E-state index contributed by atoms with van der Waals surface area (Å²) in [4.78, 5) is 10.3. The molecular formula is C40H82NO2+. The minimum Gasteiger partial charge on any atom is -0.481 e. The number of nitrogens with zero attached hydrogens (tertiary/aromatic N) is 1. The second kappa shape index (κ2) is 37.4. The zero-order valence-corrected chi connectivity index (χ0v) is 30.6. The predicted molar refractivity (Wildman–Crippen MR) is 194 cm³/mol. The number of aliphatic carboxylic acids is 1. The van der Waals surface area contributed by atoms with Crippen LogP contribution in [0.4, 0.5) is 0 Å². The molecule has 3 heteroatoms. The number of carboxylic acid groups (broad SMARTS) is 1. The quantitative estimate of drug-likeness (QED) is 0.0457. The second-order valence-corrected chi connectivity index (χ2v) is 13.8. The van der Waals surface area contributed by atoms with E-state index in [-0.39, 0.29) is 0 Å². The fourth-order valence-corrected chi connectivity index (χ4v) is 5.97. The summed E-state index contributed by atoms with van der Waals surface area (Å²) in [6.45, 7) is 13.5. The summed E-state index contributed by atoms with van der Waals surface area (Å²) in [5.41, 5.74) is 0. The van der Waals surface area contributed by atoms with Gasteiger partial charge in [0.15, 0.2) is 0 Å². The average Bonchev–Trinajstić information content (AvgIpc) is 2.99. The van der Waals surface area contributed by atoms with E-state index in [0.29, 0.717) is 6.42 Å². The molecule has 0 aromatic heterocycles. The number of carboxylic acids is 1. The first-order valence-electron chi connectivity index (χ1n) is 19.7. The maximum atomic E-state index is 10.3. The third-order valence-corrected chi connectivity index (χ3v) is 9.06. The summed E-state index contributed by atoms with van der Waals surface area (Å²) in [5, 5.41) is 8.51. The van der Waals surface area contributed by atoms with Crippen LogP contribution < -0.4 is 0 Å². The molecule has 258 valence electrons. The van der Waals surface area contributed by atoms with E-state index in [9.17, 15) is 4.79 Å². The zero-order chi connectivity index (χ0) is 32.1. The highest BCUT2D eigenvalue weighted by molar-refractivity contribution is 5.66. The Hall–Kier alpha value is -0.830. The zero-order valence-electron chi connectivity index (χ0n) is 30.6. The van der Waals surface area contributed by atoms with E-state index in [4.69, 9.17) is 5.11 Å². The van der Waals surface area contributed by atoms with Crippen molar-refractivity contribution in [3.63, 3.8) is 0 Å². The van der Waals surface area contributed by atoms with Crippen LogP contribution in [-0.2, 0) is 4.79 Å². The largest absolute Gasteiger partial charge is 0.481 e. The van der Waals surface area contributed by atoms with Crippen LogP contribution in [0.2, 0.25) is 0 Å². The van der Waals surface area contributed by atoms with Gasteiger partial charge in [-0.2, -0.15) is 0 Å². The van der Waals surface area contributed by atoms with Crippen LogP contribution in [0.5, 0.6) is 0 Å². The highest BCUT2D eigenvalue weighted by atomic mass is 16.4. The second-order valence-electron chi connectivity index (χ2n) is 13.8. The van der Waals surface area contributed by atoms with Crippen LogP contribution in [0, 0.1) is 0 Å². The molecule has 0 fully saturated rings. The van der Waals surface area contributed by atoms with Gasteiger partial charge in [-0.25, -0.2) is 0 Å². The van der Waals surface area contributed by atoms with Crippen molar-refractivity contribution in [2.24, 2.45) is 0 Å². The molecule has 0 rings (SSSR count). The topological polar surface area (TPSA) is 37.3 Å². The predicted octanol–water partition coefficient (Wildman–Crippen LogP) is 13.5. The molecule has 3 nitrogen and oxygen atoms in total. The molecule has 0 atom stereocenters. The van der Waals surface area contributed by atoms with E-state index in [1.54, 1.807) is 0 Å². The molecule has 0 saturated carbocycles. The van der Waals surface area contributed by atoms with Gasteiger partial charge >= 0.3 is 5.97 Å². The smallest absolute Gasteiger partial charge is 0.303 e. The first-order valence-corrected chi connectivity index (χ1v) is 19.7. The molecule has 0 aliphatic carbocycles. The lowest BCUT2D eigenvalue weighted by Crippen LogP contribution is -2.46. The van der Waals surface area contributed by atoms with Crippen LogP contribution in [0.3, 0.4) is 0 Å². The normalized spacial score (nSPS) is 11.7. The van der Waals surface area contributed by atoms with Crippen molar-refractivity contribution in [2.45, 2.75) is 214 Å². The monoisotopic (exact) mass is 609 g/mol. The third-order valence-electron chi connectivity index (χ3n) is 9.06. The number of hydrogen-bond acceptors (Lipinski definition) is 1. The van der Waals surface area contributed by atoms with Gasteiger partial charge in [0.2, 0.25) is 0 Å². The van der Waals surface area contributed by atoms with Gasteiger partial charge in [-0.1, -0.05) is 149 Å². The van der Waals surface area contributed by atoms with Crippen LogP contribution in [0.1, 0.15) is 214 Å². The van der Waals surface area contributed by atoms with Gasteiger partial charge in [0.1, 0.15) is 0 Å². The Balaban J connectivity index is 0. The summed E-state index contributed by atoms with van der Waals surface area (Å²) in [5.74, 6) is -0.664. The first-order chi connectivity index (χ1) is 21.0. The highest BCUT2D eigenvalue weighted by Gasteiger charge is 2.19. The van der Waals surface area contributed by atoms with Crippen LogP contribution in [-0.4, -0.2) is 42.2 Å². The van der Waals surface area contributed by atoms with E-state index in [1.165, 1.54) is 191 Å². The van der Waals surface area contributed by atoms with E-state index in [1.807, 2.05) is 0 Å². The van der Waals surface area contributed by atoms with E-state index < -0.39 is 5.97 Å². The molecule has 0 aliphatic rings. The standard InChI is InChI=1S/C22H48N.C18H34O2/c1-5-8-11-13-15-18-21-23(4,20-17-10-7-3)22-19-16-14-12-9-6-2;1-2-3-4-5-6-7-8-9-10-11-12-13-14-15-16-17-18(19)20/h5-22H2,1-4H3;9-10H,2-8,11-17H2,1H3,(H,19,20)/q+1;/b;10-9-. The Labute approximate surface area is 272 Å². The summed E-state index contributed by atoms with van der Waals surface area (Å²) in [6, 6.07) is 0. The van der Waals surface area contributed by atoms with Crippen molar-refractivity contribution in [2.75, 3.05) is 26.7 Å². The first kappa shape index (κ1) is 44.3. The Morgan fingerprint density at radius 1 is 0.442 bits per heavy atom. The maximum Gasteiger partial charge on any atom is 0.303 e. The molecule has 0 aromatic carbocycles. The summed E-state index contributed by atoms with van der Waals surface area (Å²) in [6.07, 6.45) is 42.7. The van der Waals surface area contributed by atoms with Gasteiger partial charge in [0.05, 0.1) is 26.7 Å². The lowest BCUT2D eigenvalue weighted by molar-refractivity contribution is -0.910. The van der Waals surface area contributed by atoms with Gasteiger partial charge in [-0.05, 0) is 70.6 Å². The lowest BCUT2D eigenvalue weighted by atomic mass is 10.1. The molecule has 0 aromatic rings. The lowest BCUT2D eigenvalue weighted by Gasteiger charge is -2.35. The number of hydrogen-bond donors (Lipinski definition) is 1. The fraction of sp³-hybridized carbons (Fsp3) is 0.925. The van der Waals surface area contributed by atoms with Crippen molar-refractivity contribution >= 4 is 5.97 Å². The third kappa shape index (κ3) is 39.1. The number of quaternary nitrogens is 1. The van der Waals surface area contributed by atoms with Crippen LogP contribution >= 0.6 is 0 Å². The van der Waals surface area contributed by atoms with Gasteiger partial charge in [0, 0.05) is 6.42 Å². The van der Waals surface area contributed by atoms with Crippen molar-refractivity contribution in [3.05, 3.63) is 12.2 Å². The SMILES string of the molecule is CCCCCCCC/C=C\CCCCCCCC(=O)O.CCCCCCCC[N+](C)(CCCCC)CCCCCCCC. The number of carbonyl (C=O) groups is 1. The van der Waals surface area contributed by atoms with Gasteiger partial charge in [0.25, 0.3) is 0 Å². The highest BCUT2D eigenvalue weighted by Crippen LogP contribution is 2.15. The molecule has 0 spiro atoms.